The Hall–Kier alpha value is -2.54. The largest absolute Gasteiger partial charge is 0.319 e. The van der Waals surface area contributed by atoms with Gasteiger partial charge in [0, 0.05) is 20.1 Å². The van der Waals surface area contributed by atoms with Crippen LogP contribution in [0.2, 0.25) is 0 Å². The number of benzene rings is 1. The monoisotopic (exact) mass is 337 g/mol. The second kappa shape index (κ2) is 6.76. The molecule has 0 amide bonds. The summed E-state index contributed by atoms with van der Waals surface area (Å²) < 4.78 is 3.73. The fourth-order valence-corrected chi connectivity index (χ4v) is 3.59. The number of likely N-dealkylation sites (tertiary alicyclic amines) is 1. The van der Waals surface area contributed by atoms with Crippen molar-refractivity contribution >= 4 is 0 Å². The fraction of sp³-hybridized carbons (Fsp3) is 0.444. The van der Waals surface area contributed by atoms with Crippen molar-refractivity contribution in [2.75, 3.05) is 13.1 Å². The Labute approximate surface area is 147 Å². The molecule has 1 aliphatic rings. The van der Waals surface area contributed by atoms with Gasteiger partial charge < -0.3 is 4.57 Å². The molecule has 130 valence electrons. The van der Waals surface area contributed by atoms with Crippen LogP contribution in [0.4, 0.5) is 0 Å². The van der Waals surface area contributed by atoms with Gasteiger partial charge >= 0.3 is 0 Å². The van der Waals surface area contributed by atoms with Gasteiger partial charge in [-0.2, -0.15) is 0 Å². The molecule has 0 aliphatic carbocycles. The van der Waals surface area contributed by atoms with Crippen molar-refractivity contribution in [1.29, 1.82) is 0 Å². The van der Waals surface area contributed by atoms with Crippen LogP contribution in [-0.2, 0) is 20.1 Å². The highest BCUT2D eigenvalue weighted by atomic mass is 15.4. The summed E-state index contributed by atoms with van der Waals surface area (Å²) in [7, 11) is 1.93. The third-order valence-electron chi connectivity index (χ3n) is 4.98. The van der Waals surface area contributed by atoms with Gasteiger partial charge in [-0.25, -0.2) is 4.68 Å². The van der Waals surface area contributed by atoms with E-state index >= 15 is 0 Å². The van der Waals surface area contributed by atoms with E-state index in [-0.39, 0.29) is 0 Å². The van der Waals surface area contributed by atoms with E-state index in [1.54, 1.807) is 6.33 Å². The lowest BCUT2D eigenvalue weighted by Gasteiger charge is -2.15. The maximum atomic E-state index is 4.32. The lowest BCUT2D eigenvalue weighted by molar-refractivity contribution is 0.322. The minimum Gasteiger partial charge on any atom is -0.319 e. The summed E-state index contributed by atoms with van der Waals surface area (Å²) in [5.41, 5.74) is 3.88. The van der Waals surface area contributed by atoms with Gasteiger partial charge in [0.25, 0.3) is 0 Å². The topological polar surface area (TPSA) is 64.7 Å². The first-order chi connectivity index (χ1) is 12.2. The van der Waals surface area contributed by atoms with Crippen molar-refractivity contribution in [3.8, 4) is 0 Å². The number of aromatic nitrogens is 6. The molecule has 1 saturated heterocycles. The zero-order valence-corrected chi connectivity index (χ0v) is 14.7. The maximum absolute atomic E-state index is 4.32. The van der Waals surface area contributed by atoms with Crippen LogP contribution in [0.25, 0.3) is 0 Å². The molecule has 0 N–H and O–H groups in total. The van der Waals surface area contributed by atoms with Crippen molar-refractivity contribution in [3.63, 3.8) is 0 Å². The molecule has 7 heteroatoms. The molecule has 2 aromatic heterocycles. The number of hydrogen-bond acceptors (Lipinski definition) is 5. The second-order valence-electron chi connectivity index (χ2n) is 6.84. The zero-order valence-electron chi connectivity index (χ0n) is 14.7. The van der Waals surface area contributed by atoms with E-state index in [1.807, 2.05) is 22.5 Å². The average molecular weight is 337 g/mol. The van der Waals surface area contributed by atoms with E-state index in [0.29, 0.717) is 12.5 Å². The molecule has 4 rings (SSSR count). The fourth-order valence-electron chi connectivity index (χ4n) is 3.59. The lowest BCUT2D eigenvalue weighted by atomic mass is 9.94. The molecule has 1 atom stereocenters. The first-order valence-corrected chi connectivity index (χ1v) is 8.69. The quantitative estimate of drug-likeness (QED) is 0.710. The van der Waals surface area contributed by atoms with Gasteiger partial charge in [0.05, 0.1) is 11.9 Å². The number of nitrogens with zero attached hydrogens (tertiary/aromatic N) is 7. The molecule has 0 saturated carbocycles. The molecule has 1 unspecified atom stereocenters. The van der Waals surface area contributed by atoms with Crippen LogP contribution in [-0.4, -0.2) is 47.7 Å². The van der Waals surface area contributed by atoms with E-state index < -0.39 is 0 Å². The predicted molar refractivity (Wildman–Crippen MR) is 93.9 cm³/mol. The third kappa shape index (κ3) is 3.46. The summed E-state index contributed by atoms with van der Waals surface area (Å²) in [5, 5.41) is 16.5. The Morgan fingerprint density at radius 1 is 1.16 bits per heavy atom. The first-order valence-electron chi connectivity index (χ1n) is 8.69. The smallest absolute Gasteiger partial charge is 0.154 e. The van der Waals surface area contributed by atoms with Gasteiger partial charge in [-0.1, -0.05) is 29.5 Å². The van der Waals surface area contributed by atoms with Crippen molar-refractivity contribution in [2.24, 2.45) is 7.05 Å². The number of hydrogen-bond donors (Lipinski definition) is 0. The van der Waals surface area contributed by atoms with Crippen LogP contribution in [0.1, 0.15) is 35.0 Å². The van der Waals surface area contributed by atoms with Crippen molar-refractivity contribution < 1.29 is 0 Å². The van der Waals surface area contributed by atoms with Gasteiger partial charge in [-0.15, -0.1) is 15.3 Å². The zero-order chi connectivity index (χ0) is 17.2. The Kier molecular flexibility index (Phi) is 4.31. The molecule has 3 heterocycles. The Morgan fingerprint density at radius 3 is 2.84 bits per heavy atom. The minimum atomic E-state index is 0.593. The van der Waals surface area contributed by atoms with Crippen LogP contribution >= 0.6 is 0 Å². The van der Waals surface area contributed by atoms with Crippen molar-refractivity contribution in [1.82, 2.24) is 34.7 Å². The lowest BCUT2D eigenvalue weighted by Crippen LogP contribution is -2.20. The second-order valence-corrected chi connectivity index (χ2v) is 6.84. The highest BCUT2D eigenvalue weighted by Gasteiger charge is 2.25. The standard InChI is InChI=1S/C18H23N7/c1-14-5-3-4-6-17(14)15-7-8-24(9-15)10-16-11-25(22-20-16)12-18-21-19-13-23(18)2/h3-6,11,13,15H,7-10,12H2,1-2H3. The van der Waals surface area contributed by atoms with Gasteiger partial charge in [0.2, 0.25) is 0 Å². The molecule has 7 nitrogen and oxygen atoms in total. The summed E-state index contributed by atoms with van der Waals surface area (Å²) in [6.45, 7) is 5.84. The van der Waals surface area contributed by atoms with Gasteiger partial charge in [-0.05, 0) is 36.9 Å². The number of aryl methyl sites for hydroxylation is 2. The van der Waals surface area contributed by atoms with E-state index in [9.17, 15) is 0 Å². The highest BCUT2D eigenvalue weighted by molar-refractivity contribution is 5.30. The predicted octanol–water partition coefficient (Wildman–Crippen LogP) is 1.75. The van der Waals surface area contributed by atoms with Gasteiger partial charge in [0.1, 0.15) is 12.9 Å². The average Bonchev–Trinajstić information content (AvgIpc) is 3.32. The summed E-state index contributed by atoms with van der Waals surface area (Å²) in [4.78, 5) is 2.47. The SMILES string of the molecule is Cc1ccccc1C1CCN(Cc2cn(Cc3nncn3C)nn2)C1. The number of rotatable bonds is 5. The summed E-state index contributed by atoms with van der Waals surface area (Å²) in [5.74, 6) is 1.49. The summed E-state index contributed by atoms with van der Waals surface area (Å²) >= 11 is 0. The third-order valence-corrected chi connectivity index (χ3v) is 4.98. The van der Waals surface area contributed by atoms with E-state index in [4.69, 9.17) is 0 Å². The Bertz CT molecular complexity index is 850. The first kappa shape index (κ1) is 16.0. The van der Waals surface area contributed by atoms with Crippen LogP contribution < -0.4 is 0 Å². The molecule has 1 aromatic carbocycles. The molecular formula is C18H23N7. The van der Waals surface area contributed by atoms with Gasteiger partial charge in [0.15, 0.2) is 5.82 Å². The molecule has 0 radical (unpaired) electrons. The summed E-state index contributed by atoms with van der Waals surface area (Å²) in [6, 6.07) is 8.72. The van der Waals surface area contributed by atoms with Crippen LogP contribution in [0.5, 0.6) is 0 Å². The summed E-state index contributed by atoms with van der Waals surface area (Å²) in [6.07, 6.45) is 4.91. The molecule has 25 heavy (non-hydrogen) atoms. The van der Waals surface area contributed by atoms with E-state index in [1.165, 1.54) is 17.5 Å². The van der Waals surface area contributed by atoms with Crippen LogP contribution in [0, 0.1) is 6.92 Å². The van der Waals surface area contributed by atoms with E-state index in [0.717, 1.165) is 31.2 Å². The van der Waals surface area contributed by atoms with E-state index in [2.05, 4.69) is 56.6 Å². The van der Waals surface area contributed by atoms with Crippen LogP contribution in [0.3, 0.4) is 0 Å². The molecule has 3 aromatic rings. The Balaban J connectivity index is 1.37. The molecule has 1 fully saturated rings. The van der Waals surface area contributed by atoms with Gasteiger partial charge in [-0.3, -0.25) is 4.90 Å². The normalized spacial score (nSPS) is 18.1. The molecule has 0 bridgehead atoms. The molecule has 1 aliphatic heterocycles. The highest BCUT2D eigenvalue weighted by Crippen LogP contribution is 2.29. The van der Waals surface area contributed by atoms with Crippen LogP contribution in [0.15, 0.2) is 36.8 Å². The Morgan fingerprint density at radius 2 is 2.04 bits per heavy atom. The molecular weight excluding hydrogens is 314 g/mol. The van der Waals surface area contributed by atoms with Crippen molar-refractivity contribution in [2.45, 2.75) is 32.4 Å². The molecule has 0 spiro atoms. The minimum absolute atomic E-state index is 0.593. The van der Waals surface area contributed by atoms with Crippen molar-refractivity contribution in [3.05, 3.63) is 59.4 Å². The maximum Gasteiger partial charge on any atom is 0.154 e.